The van der Waals surface area contributed by atoms with Crippen molar-refractivity contribution in [1.29, 1.82) is 0 Å². The van der Waals surface area contributed by atoms with Crippen molar-refractivity contribution < 1.29 is 4.74 Å². The third-order valence-corrected chi connectivity index (χ3v) is 2.94. The van der Waals surface area contributed by atoms with Crippen LogP contribution in [0, 0.1) is 6.92 Å². The van der Waals surface area contributed by atoms with Crippen molar-refractivity contribution in [3.05, 3.63) is 47.8 Å². The van der Waals surface area contributed by atoms with E-state index < -0.39 is 0 Å². The predicted octanol–water partition coefficient (Wildman–Crippen LogP) is 2.29. The molecule has 1 aromatic heterocycles. The van der Waals surface area contributed by atoms with E-state index in [1.807, 2.05) is 49.0 Å². The molecule has 1 aromatic carbocycles. The van der Waals surface area contributed by atoms with Crippen LogP contribution in [0.15, 0.2) is 36.5 Å². The van der Waals surface area contributed by atoms with E-state index in [9.17, 15) is 0 Å². The number of nitrogens with one attached hydrogen (secondary N) is 1. The zero-order valence-corrected chi connectivity index (χ0v) is 11.6. The minimum atomic E-state index is 0.739. The molecule has 0 fully saturated rings. The second-order valence-corrected chi connectivity index (χ2v) is 4.61. The van der Waals surface area contributed by atoms with Gasteiger partial charge in [0.15, 0.2) is 0 Å². The number of nitrogens with zero attached hydrogens (tertiary/aromatic N) is 2. The van der Waals surface area contributed by atoms with Gasteiger partial charge in [0.2, 0.25) is 0 Å². The van der Waals surface area contributed by atoms with Gasteiger partial charge >= 0.3 is 0 Å². The average molecular weight is 259 g/mol. The van der Waals surface area contributed by atoms with Crippen LogP contribution in [-0.2, 0) is 13.6 Å². The normalized spacial score (nSPS) is 10.6. The van der Waals surface area contributed by atoms with Crippen LogP contribution < -0.4 is 10.1 Å². The van der Waals surface area contributed by atoms with Gasteiger partial charge in [0.1, 0.15) is 5.75 Å². The van der Waals surface area contributed by atoms with E-state index in [1.165, 1.54) is 5.56 Å². The lowest BCUT2D eigenvalue weighted by Gasteiger charge is -2.06. The van der Waals surface area contributed by atoms with Crippen molar-refractivity contribution in [3.8, 4) is 5.75 Å². The van der Waals surface area contributed by atoms with Crippen LogP contribution >= 0.6 is 0 Å². The number of aromatic nitrogens is 2. The molecule has 0 spiro atoms. The molecule has 0 saturated carbocycles. The van der Waals surface area contributed by atoms with E-state index in [0.717, 1.165) is 37.6 Å². The van der Waals surface area contributed by atoms with E-state index in [1.54, 1.807) is 0 Å². The molecule has 0 unspecified atom stereocenters. The van der Waals surface area contributed by atoms with Crippen LogP contribution in [0.2, 0.25) is 0 Å². The van der Waals surface area contributed by atoms with Crippen LogP contribution in [0.1, 0.15) is 17.7 Å². The molecule has 0 saturated heterocycles. The van der Waals surface area contributed by atoms with Crippen molar-refractivity contribution >= 4 is 0 Å². The van der Waals surface area contributed by atoms with Gasteiger partial charge in [-0.2, -0.15) is 5.10 Å². The smallest absolute Gasteiger partial charge is 0.119 e. The van der Waals surface area contributed by atoms with Crippen LogP contribution in [0.4, 0.5) is 0 Å². The van der Waals surface area contributed by atoms with Gasteiger partial charge in [-0.25, -0.2) is 0 Å². The maximum Gasteiger partial charge on any atom is 0.119 e. The highest BCUT2D eigenvalue weighted by Crippen LogP contribution is 2.08. The Morgan fingerprint density at radius 1 is 1.26 bits per heavy atom. The summed E-state index contributed by atoms with van der Waals surface area (Å²) in [4.78, 5) is 0. The molecule has 0 aliphatic heterocycles. The zero-order chi connectivity index (χ0) is 13.5. The van der Waals surface area contributed by atoms with Crippen LogP contribution in [0.5, 0.6) is 5.75 Å². The van der Waals surface area contributed by atoms with E-state index >= 15 is 0 Å². The maximum atomic E-state index is 5.63. The lowest BCUT2D eigenvalue weighted by molar-refractivity contribution is 0.308. The van der Waals surface area contributed by atoms with Gasteiger partial charge in [-0.3, -0.25) is 4.68 Å². The Morgan fingerprint density at radius 3 is 2.74 bits per heavy atom. The Balaban J connectivity index is 1.59. The van der Waals surface area contributed by atoms with Crippen molar-refractivity contribution in [3.63, 3.8) is 0 Å². The molecule has 0 radical (unpaired) electrons. The number of ether oxygens (including phenoxy) is 1. The van der Waals surface area contributed by atoms with Crippen molar-refractivity contribution in [2.45, 2.75) is 19.9 Å². The third kappa shape index (κ3) is 4.41. The summed E-state index contributed by atoms with van der Waals surface area (Å²) in [6, 6.07) is 9.92. The summed E-state index contributed by atoms with van der Waals surface area (Å²) < 4.78 is 7.48. The number of para-hydroxylation sites is 1. The first-order chi connectivity index (χ1) is 9.25. The zero-order valence-electron chi connectivity index (χ0n) is 11.6. The van der Waals surface area contributed by atoms with E-state index in [-0.39, 0.29) is 0 Å². The molecule has 4 heteroatoms. The molecule has 102 valence electrons. The quantitative estimate of drug-likeness (QED) is 0.775. The summed E-state index contributed by atoms with van der Waals surface area (Å²) in [7, 11) is 1.95. The minimum Gasteiger partial charge on any atom is -0.494 e. The van der Waals surface area contributed by atoms with Gasteiger partial charge in [-0.15, -0.1) is 0 Å². The van der Waals surface area contributed by atoms with Gasteiger partial charge in [-0.1, -0.05) is 18.2 Å². The van der Waals surface area contributed by atoms with E-state index in [2.05, 4.69) is 16.6 Å². The Hall–Kier alpha value is -1.81. The Bertz CT molecular complexity index is 493. The highest BCUT2D eigenvalue weighted by Gasteiger charge is 2.01. The van der Waals surface area contributed by atoms with Crippen LogP contribution in [-0.4, -0.2) is 22.9 Å². The second-order valence-electron chi connectivity index (χ2n) is 4.61. The molecule has 19 heavy (non-hydrogen) atoms. The third-order valence-electron chi connectivity index (χ3n) is 2.94. The monoisotopic (exact) mass is 259 g/mol. The number of rotatable bonds is 7. The highest BCUT2D eigenvalue weighted by atomic mass is 16.5. The molecule has 1 N–H and O–H groups in total. The molecule has 2 aromatic rings. The first-order valence-electron chi connectivity index (χ1n) is 6.63. The molecule has 0 bridgehead atoms. The lowest BCUT2D eigenvalue weighted by Crippen LogP contribution is -2.17. The molecule has 0 aliphatic carbocycles. The number of benzene rings is 1. The van der Waals surface area contributed by atoms with Gasteiger partial charge in [0.05, 0.1) is 12.3 Å². The lowest BCUT2D eigenvalue weighted by atomic mass is 10.2. The molecular formula is C15H21N3O. The topological polar surface area (TPSA) is 39.1 Å². The first kappa shape index (κ1) is 13.6. The SMILES string of the molecule is Cc1nn(C)cc1CNCCCOc1ccccc1. The Labute approximate surface area is 114 Å². The minimum absolute atomic E-state index is 0.739. The molecular weight excluding hydrogens is 238 g/mol. The van der Waals surface area contributed by atoms with Gasteiger partial charge in [-0.05, 0) is 32.0 Å². The molecule has 2 rings (SSSR count). The fourth-order valence-electron chi connectivity index (χ4n) is 1.95. The van der Waals surface area contributed by atoms with Crippen LogP contribution in [0.25, 0.3) is 0 Å². The number of hydrogen-bond acceptors (Lipinski definition) is 3. The average Bonchev–Trinajstić information content (AvgIpc) is 2.73. The summed E-state index contributed by atoms with van der Waals surface area (Å²) in [6.45, 7) is 4.59. The van der Waals surface area contributed by atoms with Gasteiger partial charge in [0, 0.05) is 25.4 Å². The van der Waals surface area contributed by atoms with Gasteiger partial charge < -0.3 is 10.1 Å². The van der Waals surface area contributed by atoms with Gasteiger partial charge in [0.25, 0.3) is 0 Å². The molecule has 4 nitrogen and oxygen atoms in total. The second kappa shape index (κ2) is 6.95. The summed E-state index contributed by atoms with van der Waals surface area (Å²) in [5.41, 5.74) is 2.35. The summed E-state index contributed by atoms with van der Waals surface area (Å²) in [5, 5.41) is 7.73. The highest BCUT2D eigenvalue weighted by molar-refractivity contribution is 5.20. The van der Waals surface area contributed by atoms with E-state index in [4.69, 9.17) is 4.74 Å². The number of aryl methyl sites for hydroxylation is 2. The molecule has 0 atom stereocenters. The fourth-order valence-corrected chi connectivity index (χ4v) is 1.95. The van der Waals surface area contributed by atoms with Crippen LogP contribution in [0.3, 0.4) is 0 Å². The molecule has 1 heterocycles. The molecule has 0 aliphatic rings. The summed E-state index contributed by atoms with van der Waals surface area (Å²) >= 11 is 0. The Morgan fingerprint density at radius 2 is 2.05 bits per heavy atom. The standard InChI is InChI=1S/C15H21N3O/c1-13-14(12-18(2)17-13)11-16-9-6-10-19-15-7-4-3-5-8-15/h3-5,7-8,12,16H,6,9-11H2,1-2H3. The van der Waals surface area contributed by atoms with E-state index in [0.29, 0.717) is 0 Å². The summed E-state index contributed by atoms with van der Waals surface area (Å²) in [6.07, 6.45) is 3.05. The summed E-state index contributed by atoms with van der Waals surface area (Å²) in [5.74, 6) is 0.936. The fraction of sp³-hybridized carbons (Fsp3) is 0.400. The Kier molecular flexibility index (Phi) is 4.98. The van der Waals surface area contributed by atoms with Crippen molar-refractivity contribution in [2.24, 2.45) is 7.05 Å². The molecule has 0 amide bonds. The van der Waals surface area contributed by atoms with Crippen molar-refractivity contribution in [1.82, 2.24) is 15.1 Å². The number of hydrogen-bond donors (Lipinski definition) is 1. The van der Waals surface area contributed by atoms with Crippen molar-refractivity contribution in [2.75, 3.05) is 13.2 Å². The first-order valence-corrected chi connectivity index (χ1v) is 6.63. The predicted molar refractivity (Wildman–Crippen MR) is 76.2 cm³/mol. The largest absolute Gasteiger partial charge is 0.494 e. The maximum absolute atomic E-state index is 5.63.